The Balaban J connectivity index is 1.39. The lowest BCUT2D eigenvalue weighted by Gasteiger charge is -2.43. The van der Waals surface area contributed by atoms with E-state index in [-0.39, 0.29) is 10.9 Å². The van der Waals surface area contributed by atoms with Crippen molar-refractivity contribution in [2.75, 3.05) is 37.6 Å². The summed E-state index contributed by atoms with van der Waals surface area (Å²) in [4.78, 5) is 33.3. The fraction of sp³-hybridized carbons (Fsp3) is 0.400. The van der Waals surface area contributed by atoms with Crippen molar-refractivity contribution in [2.45, 2.75) is 36.9 Å². The van der Waals surface area contributed by atoms with Crippen molar-refractivity contribution in [1.82, 2.24) is 20.3 Å². The number of guanidine groups is 1. The predicted molar refractivity (Wildman–Crippen MR) is 140 cm³/mol. The minimum absolute atomic E-state index is 0.0235. The van der Waals surface area contributed by atoms with Crippen molar-refractivity contribution in [1.29, 1.82) is 0 Å². The maximum atomic E-state index is 12.8. The second kappa shape index (κ2) is 11.6. The van der Waals surface area contributed by atoms with Crippen LogP contribution in [0.5, 0.6) is 0 Å². The van der Waals surface area contributed by atoms with Crippen molar-refractivity contribution in [3.63, 3.8) is 0 Å². The fourth-order valence-corrected chi connectivity index (χ4v) is 5.60. The summed E-state index contributed by atoms with van der Waals surface area (Å²) in [6.07, 6.45) is -0.883. The highest BCUT2D eigenvalue weighted by atomic mass is 32.2. The number of carbonyl (C=O) groups excluding carboxylic acids is 1. The van der Waals surface area contributed by atoms with Crippen LogP contribution in [-0.4, -0.2) is 81.2 Å². The van der Waals surface area contributed by atoms with Crippen molar-refractivity contribution >= 4 is 33.5 Å². The molecule has 2 aliphatic heterocycles. The lowest BCUT2D eigenvalue weighted by molar-refractivity contribution is -0.137. The van der Waals surface area contributed by atoms with Crippen LogP contribution in [0.15, 0.2) is 64.5 Å². The van der Waals surface area contributed by atoms with Crippen LogP contribution in [0.3, 0.4) is 0 Å². The van der Waals surface area contributed by atoms with Gasteiger partial charge in [-0.1, -0.05) is 18.2 Å². The molecule has 0 radical (unpaired) electrons. The molecule has 0 saturated carbocycles. The Bertz CT molecular complexity index is 1240. The van der Waals surface area contributed by atoms with Crippen LogP contribution >= 0.6 is 0 Å². The number of anilines is 1. The molecule has 4 N–H and O–H groups in total. The summed E-state index contributed by atoms with van der Waals surface area (Å²) in [7, 11) is -4.02. The number of benzene rings is 2. The second-order valence-corrected chi connectivity index (χ2v) is 10.8. The monoisotopic (exact) mass is 528 g/mol. The van der Waals surface area contributed by atoms with Crippen LogP contribution in [0.1, 0.15) is 30.1 Å². The highest BCUT2D eigenvalue weighted by molar-refractivity contribution is 7.89. The van der Waals surface area contributed by atoms with E-state index in [0.29, 0.717) is 5.56 Å². The maximum absolute atomic E-state index is 12.8. The van der Waals surface area contributed by atoms with Crippen molar-refractivity contribution < 1.29 is 23.1 Å². The summed E-state index contributed by atoms with van der Waals surface area (Å²) >= 11 is 0. The third-order valence-corrected chi connectivity index (χ3v) is 7.80. The third-order valence-electron chi connectivity index (χ3n) is 6.31. The van der Waals surface area contributed by atoms with Gasteiger partial charge in [0.1, 0.15) is 6.17 Å². The van der Waals surface area contributed by atoms with Gasteiger partial charge >= 0.3 is 5.97 Å². The zero-order valence-electron chi connectivity index (χ0n) is 20.6. The summed E-state index contributed by atoms with van der Waals surface area (Å²) < 4.78 is 27.5. The smallest absolute Gasteiger partial charge is 0.306 e. The molecule has 2 aliphatic rings. The largest absolute Gasteiger partial charge is 0.481 e. The van der Waals surface area contributed by atoms with Crippen molar-refractivity contribution in [2.24, 2.45) is 4.99 Å². The molecule has 2 aromatic carbocycles. The van der Waals surface area contributed by atoms with Crippen LogP contribution in [0, 0.1) is 0 Å². The van der Waals surface area contributed by atoms with E-state index in [9.17, 15) is 23.1 Å². The molecule has 0 bridgehead atoms. The molecule has 11 nitrogen and oxygen atoms in total. The van der Waals surface area contributed by atoms with E-state index in [4.69, 9.17) is 0 Å². The summed E-state index contributed by atoms with van der Waals surface area (Å²) in [6, 6.07) is 14.8. The van der Waals surface area contributed by atoms with Crippen molar-refractivity contribution in [3.05, 3.63) is 60.2 Å². The van der Waals surface area contributed by atoms with E-state index in [1.54, 1.807) is 30.3 Å². The molecule has 37 heavy (non-hydrogen) atoms. The van der Waals surface area contributed by atoms with Crippen LogP contribution in [0.25, 0.3) is 0 Å². The molecule has 2 aromatic rings. The molecule has 1 saturated heterocycles. The Kier molecular flexibility index (Phi) is 8.29. The molecule has 0 aromatic heterocycles. The van der Waals surface area contributed by atoms with E-state index in [1.807, 2.05) is 12.1 Å². The Morgan fingerprint density at radius 1 is 1.14 bits per heavy atom. The van der Waals surface area contributed by atoms with E-state index < -0.39 is 34.5 Å². The number of carboxylic acids is 1. The number of aliphatic imine (C=N–C) groups is 1. The SMILES string of the molecule is CC1CN(c2ccc(C(=O)NC(CC(=O)O)NS(=O)(=O)c3ccccc3)cc2)CCN1C1=NCCCN1. The van der Waals surface area contributed by atoms with Gasteiger partial charge in [-0.05, 0) is 49.7 Å². The Hall–Kier alpha value is -3.64. The normalized spacial score (nSPS) is 18.9. The van der Waals surface area contributed by atoms with E-state index in [0.717, 1.165) is 50.8 Å². The number of nitrogens with one attached hydrogen (secondary N) is 3. The highest BCUT2D eigenvalue weighted by Crippen LogP contribution is 2.20. The second-order valence-electron chi connectivity index (χ2n) is 9.08. The van der Waals surface area contributed by atoms with E-state index in [1.165, 1.54) is 12.1 Å². The van der Waals surface area contributed by atoms with Crippen LogP contribution in [0.4, 0.5) is 5.69 Å². The minimum atomic E-state index is -4.02. The van der Waals surface area contributed by atoms with Gasteiger partial charge < -0.3 is 25.5 Å². The number of amides is 1. The predicted octanol–water partition coefficient (Wildman–Crippen LogP) is 1.06. The molecular formula is C25H32N6O5S. The van der Waals surface area contributed by atoms with Crippen LogP contribution in [-0.2, 0) is 14.8 Å². The zero-order valence-corrected chi connectivity index (χ0v) is 21.4. The van der Waals surface area contributed by atoms with Gasteiger partial charge in [0.2, 0.25) is 10.0 Å². The number of hydrogen-bond donors (Lipinski definition) is 4. The molecule has 2 heterocycles. The first-order chi connectivity index (χ1) is 17.7. The number of hydrogen-bond acceptors (Lipinski definition) is 8. The van der Waals surface area contributed by atoms with Gasteiger partial charge in [0.05, 0.1) is 11.3 Å². The minimum Gasteiger partial charge on any atom is -0.481 e. The summed E-state index contributed by atoms with van der Waals surface area (Å²) in [5.74, 6) is -0.864. The van der Waals surface area contributed by atoms with Gasteiger partial charge in [-0.2, -0.15) is 4.72 Å². The number of nitrogens with zero attached hydrogens (tertiary/aromatic N) is 3. The number of piperazine rings is 1. The lowest BCUT2D eigenvalue weighted by atomic mass is 10.1. The topological polar surface area (TPSA) is 143 Å². The standard InChI is InChI=1S/C25H32N6O5S/c1-18-17-30(14-15-31(18)25-26-12-5-13-27-25)20-10-8-19(9-11-20)24(34)28-22(16-23(32)33)29-37(35,36)21-6-3-2-4-7-21/h2-4,6-11,18,22,29H,5,12-17H2,1H3,(H,26,27)(H,28,34)(H,32,33). The van der Waals surface area contributed by atoms with Gasteiger partial charge in [-0.15, -0.1) is 0 Å². The first kappa shape index (κ1) is 26.4. The molecule has 198 valence electrons. The number of carbonyl (C=O) groups is 2. The van der Waals surface area contributed by atoms with Crippen LogP contribution in [0.2, 0.25) is 0 Å². The van der Waals surface area contributed by atoms with Gasteiger partial charge in [-0.3, -0.25) is 14.6 Å². The molecule has 1 fully saturated rings. The molecule has 2 atom stereocenters. The summed E-state index contributed by atoms with van der Waals surface area (Å²) in [5, 5.41) is 15.1. The molecule has 1 amide bonds. The number of sulfonamides is 1. The van der Waals surface area contributed by atoms with E-state index >= 15 is 0 Å². The maximum Gasteiger partial charge on any atom is 0.306 e. The first-order valence-electron chi connectivity index (χ1n) is 12.2. The van der Waals surface area contributed by atoms with E-state index in [2.05, 4.69) is 37.1 Å². The fourth-order valence-electron chi connectivity index (χ4n) is 4.44. The lowest BCUT2D eigenvalue weighted by Crippen LogP contribution is -2.58. The Morgan fingerprint density at radius 3 is 2.49 bits per heavy atom. The molecule has 0 spiro atoms. The van der Waals surface area contributed by atoms with Crippen LogP contribution < -0.4 is 20.3 Å². The Morgan fingerprint density at radius 2 is 1.86 bits per heavy atom. The van der Waals surface area contributed by atoms with Gasteiger partial charge in [0, 0.05) is 50.0 Å². The first-order valence-corrected chi connectivity index (χ1v) is 13.7. The third kappa shape index (κ3) is 6.77. The average Bonchev–Trinajstić information content (AvgIpc) is 2.89. The molecule has 0 aliphatic carbocycles. The molecular weight excluding hydrogens is 496 g/mol. The highest BCUT2D eigenvalue weighted by Gasteiger charge is 2.28. The molecule has 4 rings (SSSR count). The number of aliphatic carboxylic acids is 1. The summed E-state index contributed by atoms with van der Waals surface area (Å²) in [5.41, 5.74) is 1.26. The average molecular weight is 529 g/mol. The number of rotatable bonds is 8. The zero-order chi connectivity index (χ0) is 26.4. The summed E-state index contributed by atoms with van der Waals surface area (Å²) in [6.45, 7) is 6.38. The number of carboxylic acid groups (broad SMARTS) is 1. The van der Waals surface area contributed by atoms with Gasteiger partial charge in [0.25, 0.3) is 5.91 Å². The Labute approximate surface area is 216 Å². The van der Waals surface area contributed by atoms with Gasteiger partial charge in [0.15, 0.2) is 5.96 Å². The van der Waals surface area contributed by atoms with Crippen molar-refractivity contribution in [3.8, 4) is 0 Å². The quantitative estimate of drug-likeness (QED) is 0.373. The molecule has 2 unspecified atom stereocenters. The van der Waals surface area contributed by atoms with Gasteiger partial charge in [-0.25, -0.2) is 8.42 Å². The molecule has 12 heteroatoms.